The molecule has 2 amide bonds. The highest BCUT2D eigenvalue weighted by Crippen LogP contribution is 2.12. The normalized spacial score (nSPS) is 12.5. The van der Waals surface area contributed by atoms with Crippen molar-refractivity contribution in [2.75, 3.05) is 7.11 Å². The molecule has 28 heavy (non-hydrogen) atoms. The Bertz CT molecular complexity index is 809. The van der Waals surface area contributed by atoms with E-state index in [2.05, 4.69) is 10.6 Å². The van der Waals surface area contributed by atoms with E-state index in [-0.39, 0.29) is 12.3 Å². The fraction of sp³-hybridized carbons (Fsp3) is 0.286. The Labute approximate surface area is 169 Å². The first-order chi connectivity index (χ1) is 13.4. The molecule has 0 aliphatic rings. The van der Waals surface area contributed by atoms with Gasteiger partial charge in [0.1, 0.15) is 12.1 Å². The predicted molar refractivity (Wildman–Crippen MR) is 107 cm³/mol. The topological polar surface area (TPSA) is 84.5 Å². The van der Waals surface area contributed by atoms with E-state index in [4.69, 9.17) is 16.3 Å². The molecule has 148 valence electrons. The van der Waals surface area contributed by atoms with Gasteiger partial charge in [-0.1, -0.05) is 54.1 Å². The highest BCUT2D eigenvalue weighted by Gasteiger charge is 2.27. The molecule has 0 aliphatic heterocycles. The molecule has 6 nitrogen and oxygen atoms in total. The summed E-state index contributed by atoms with van der Waals surface area (Å²) in [4.78, 5) is 36.5. The number of carbonyl (C=O) groups is 3. The van der Waals surface area contributed by atoms with E-state index >= 15 is 0 Å². The molecule has 7 heteroatoms. The quantitative estimate of drug-likeness (QED) is 0.663. The van der Waals surface area contributed by atoms with Crippen LogP contribution < -0.4 is 10.6 Å². The molecule has 2 aromatic rings. The Kier molecular flexibility index (Phi) is 8.02. The summed E-state index contributed by atoms with van der Waals surface area (Å²) in [6, 6.07) is 14.6. The van der Waals surface area contributed by atoms with Gasteiger partial charge in [-0.25, -0.2) is 4.79 Å². The molecular weight excluding hydrogens is 380 g/mol. The summed E-state index contributed by atoms with van der Waals surface area (Å²) in [6.07, 6.45) is 0.550. The van der Waals surface area contributed by atoms with Crippen molar-refractivity contribution in [1.29, 1.82) is 0 Å². The van der Waals surface area contributed by atoms with Crippen LogP contribution in [0.5, 0.6) is 0 Å². The summed E-state index contributed by atoms with van der Waals surface area (Å²) < 4.78 is 4.82. The summed E-state index contributed by atoms with van der Waals surface area (Å²) in [5, 5.41) is 5.92. The van der Waals surface area contributed by atoms with Crippen LogP contribution in [0.1, 0.15) is 18.1 Å². The zero-order valence-corrected chi connectivity index (χ0v) is 16.5. The SMILES string of the molecule is COC(=O)[C@@H](Cc1ccc(Cl)cc1)NC(=O)[C@@H](Cc1ccccc1)NC(C)=O. The van der Waals surface area contributed by atoms with Gasteiger partial charge in [-0.15, -0.1) is 0 Å². The Morgan fingerprint density at radius 1 is 0.893 bits per heavy atom. The number of esters is 1. The lowest BCUT2D eigenvalue weighted by molar-refractivity contribution is -0.145. The lowest BCUT2D eigenvalue weighted by Gasteiger charge is -2.22. The third-order valence-corrected chi connectivity index (χ3v) is 4.38. The van der Waals surface area contributed by atoms with Gasteiger partial charge in [0.2, 0.25) is 11.8 Å². The first-order valence-electron chi connectivity index (χ1n) is 8.82. The molecule has 0 saturated carbocycles. The molecule has 2 aromatic carbocycles. The van der Waals surface area contributed by atoms with E-state index in [0.717, 1.165) is 11.1 Å². The number of halogens is 1. The number of rotatable bonds is 8. The van der Waals surface area contributed by atoms with Gasteiger partial charge in [-0.2, -0.15) is 0 Å². The molecule has 2 rings (SSSR count). The van der Waals surface area contributed by atoms with Crippen LogP contribution >= 0.6 is 11.6 Å². The number of methoxy groups -OCH3 is 1. The molecule has 0 unspecified atom stereocenters. The first-order valence-corrected chi connectivity index (χ1v) is 9.20. The highest BCUT2D eigenvalue weighted by molar-refractivity contribution is 6.30. The highest BCUT2D eigenvalue weighted by atomic mass is 35.5. The molecule has 2 N–H and O–H groups in total. The second-order valence-electron chi connectivity index (χ2n) is 6.36. The second kappa shape index (κ2) is 10.5. The van der Waals surface area contributed by atoms with Crippen LogP contribution in [0, 0.1) is 0 Å². The lowest BCUT2D eigenvalue weighted by atomic mass is 10.0. The van der Waals surface area contributed by atoms with Crippen molar-refractivity contribution in [3.8, 4) is 0 Å². The lowest BCUT2D eigenvalue weighted by Crippen LogP contribution is -2.53. The first kappa shape index (κ1) is 21.4. The average Bonchev–Trinajstić information content (AvgIpc) is 2.68. The van der Waals surface area contributed by atoms with Crippen LogP contribution in [0.25, 0.3) is 0 Å². The maximum absolute atomic E-state index is 12.8. The van der Waals surface area contributed by atoms with Crippen LogP contribution in [-0.2, 0) is 32.0 Å². The molecule has 0 fully saturated rings. The largest absolute Gasteiger partial charge is 0.467 e. The van der Waals surface area contributed by atoms with Gasteiger partial charge in [0.15, 0.2) is 0 Å². The third-order valence-electron chi connectivity index (χ3n) is 4.13. The fourth-order valence-electron chi connectivity index (χ4n) is 2.77. The van der Waals surface area contributed by atoms with E-state index in [1.54, 1.807) is 24.3 Å². The number of carbonyl (C=O) groups excluding carboxylic acids is 3. The molecule has 0 heterocycles. The summed E-state index contributed by atoms with van der Waals surface area (Å²) in [7, 11) is 1.26. The summed E-state index contributed by atoms with van der Waals surface area (Å²) in [6.45, 7) is 1.34. The smallest absolute Gasteiger partial charge is 0.328 e. The summed E-state index contributed by atoms with van der Waals surface area (Å²) in [5.74, 6) is -1.35. The van der Waals surface area contributed by atoms with Crippen molar-refractivity contribution < 1.29 is 19.1 Å². The molecule has 0 radical (unpaired) electrons. The summed E-state index contributed by atoms with van der Waals surface area (Å²) >= 11 is 5.89. The van der Waals surface area contributed by atoms with Gasteiger partial charge in [0.05, 0.1) is 7.11 Å². The van der Waals surface area contributed by atoms with Gasteiger partial charge >= 0.3 is 5.97 Å². The molecule has 0 spiro atoms. The Morgan fingerprint density at radius 2 is 1.46 bits per heavy atom. The van der Waals surface area contributed by atoms with Crippen molar-refractivity contribution in [2.24, 2.45) is 0 Å². The number of hydrogen-bond acceptors (Lipinski definition) is 4. The Balaban J connectivity index is 2.14. The van der Waals surface area contributed by atoms with E-state index in [9.17, 15) is 14.4 Å². The number of ether oxygens (including phenoxy) is 1. The summed E-state index contributed by atoms with van der Waals surface area (Å²) in [5.41, 5.74) is 1.71. The van der Waals surface area contributed by atoms with Crippen molar-refractivity contribution in [1.82, 2.24) is 10.6 Å². The van der Waals surface area contributed by atoms with Crippen molar-refractivity contribution in [2.45, 2.75) is 31.8 Å². The molecule has 2 atom stereocenters. The second-order valence-corrected chi connectivity index (χ2v) is 6.79. The molecule has 0 bridgehead atoms. The van der Waals surface area contributed by atoms with Gasteiger partial charge in [0, 0.05) is 24.8 Å². The van der Waals surface area contributed by atoms with Gasteiger partial charge in [-0.05, 0) is 23.3 Å². The van der Waals surface area contributed by atoms with Gasteiger partial charge in [-0.3, -0.25) is 9.59 Å². The van der Waals surface area contributed by atoms with Crippen molar-refractivity contribution in [3.63, 3.8) is 0 Å². The number of benzene rings is 2. The van der Waals surface area contributed by atoms with Gasteiger partial charge in [0.25, 0.3) is 0 Å². The fourth-order valence-corrected chi connectivity index (χ4v) is 2.89. The average molecular weight is 403 g/mol. The van der Waals surface area contributed by atoms with E-state index < -0.39 is 24.0 Å². The third kappa shape index (κ3) is 6.70. The zero-order chi connectivity index (χ0) is 20.5. The number of nitrogens with one attached hydrogen (secondary N) is 2. The van der Waals surface area contributed by atoms with Crippen molar-refractivity contribution in [3.05, 3.63) is 70.7 Å². The molecular formula is C21H23ClN2O4. The van der Waals surface area contributed by atoms with E-state index in [1.807, 2.05) is 30.3 Å². The standard InChI is InChI=1S/C21H23ClN2O4/c1-14(25)23-18(12-15-6-4-3-5-7-15)20(26)24-19(21(27)28-2)13-16-8-10-17(22)11-9-16/h3-11,18-19H,12-13H2,1-2H3,(H,23,25)(H,24,26)/t18-,19-/m1/s1. The zero-order valence-electron chi connectivity index (χ0n) is 15.8. The Morgan fingerprint density at radius 3 is 2.04 bits per heavy atom. The van der Waals surface area contributed by atoms with Crippen molar-refractivity contribution >= 4 is 29.4 Å². The van der Waals surface area contributed by atoms with Crippen LogP contribution in [0.15, 0.2) is 54.6 Å². The van der Waals surface area contributed by atoms with Crippen LogP contribution in [0.3, 0.4) is 0 Å². The van der Waals surface area contributed by atoms with Crippen LogP contribution in [0.4, 0.5) is 0 Å². The number of hydrogen-bond donors (Lipinski definition) is 2. The molecule has 0 aliphatic carbocycles. The minimum atomic E-state index is -0.884. The number of amides is 2. The van der Waals surface area contributed by atoms with Crippen LogP contribution in [-0.4, -0.2) is 37.0 Å². The predicted octanol–water partition coefficient (Wildman–Crippen LogP) is 2.29. The monoisotopic (exact) mass is 402 g/mol. The minimum Gasteiger partial charge on any atom is -0.467 e. The maximum Gasteiger partial charge on any atom is 0.328 e. The molecule has 0 aromatic heterocycles. The van der Waals surface area contributed by atoms with E-state index in [0.29, 0.717) is 11.4 Å². The van der Waals surface area contributed by atoms with E-state index in [1.165, 1.54) is 14.0 Å². The van der Waals surface area contributed by atoms with Gasteiger partial charge < -0.3 is 15.4 Å². The van der Waals surface area contributed by atoms with Crippen LogP contribution in [0.2, 0.25) is 5.02 Å². The Hall–Kier alpha value is -2.86. The maximum atomic E-state index is 12.8. The minimum absolute atomic E-state index is 0.244. The molecule has 0 saturated heterocycles.